The SMILES string of the molecule is N#Cc1c(CN)cc(Br)nc1OC(F)(F)F. The van der Waals surface area contributed by atoms with E-state index in [1.807, 2.05) is 0 Å². The standard InChI is InChI=1S/C8H5BrF3N3O/c9-6-1-4(2-13)5(3-14)7(15-6)16-8(10,11)12/h1H,2,13H2. The average Bonchev–Trinajstić information content (AvgIpc) is 2.14. The summed E-state index contributed by atoms with van der Waals surface area (Å²) in [6.45, 7) is -0.0851. The summed E-state index contributed by atoms with van der Waals surface area (Å²) in [7, 11) is 0. The number of hydrogen-bond acceptors (Lipinski definition) is 4. The first-order valence-corrected chi connectivity index (χ1v) is 4.72. The number of rotatable bonds is 2. The largest absolute Gasteiger partial charge is 0.574 e. The van der Waals surface area contributed by atoms with Crippen molar-refractivity contribution in [3.63, 3.8) is 0 Å². The van der Waals surface area contributed by atoms with Crippen LogP contribution in [0.1, 0.15) is 11.1 Å². The van der Waals surface area contributed by atoms with E-state index in [1.165, 1.54) is 6.07 Å². The molecule has 16 heavy (non-hydrogen) atoms. The summed E-state index contributed by atoms with van der Waals surface area (Å²) in [4.78, 5) is 3.43. The summed E-state index contributed by atoms with van der Waals surface area (Å²) in [5.41, 5.74) is 5.20. The lowest BCUT2D eigenvalue weighted by atomic mass is 10.1. The molecule has 1 heterocycles. The van der Waals surface area contributed by atoms with E-state index < -0.39 is 12.2 Å². The van der Waals surface area contributed by atoms with Gasteiger partial charge in [-0.25, -0.2) is 4.98 Å². The minimum atomic E-state index is -4.90. The van der Waals surface area contributed by atoms with Crippen molar-refractivity contribution in [1.29, 1.82) is 5.26 Å². The molecule has 0 spiro atoms. The van der Waals surface area contributed by atoms with E-state index in [2.05, 4.69) is 25.7 Å². The van der Waals surface area contributed by atoms with Crippen LogP contribution in [0.15, 0.2) is 10.7 Å². The molecule has 0 aliphatic rings. The van der Waals surface area contributed by atoms with Crippen molar-refractivity contribution < 1.29 is 17.9 Å². The van der Waals surface area contributed by atoms with E-state index in [9.17, 15) is 13.2 Å². The molecule has 1 rings (SSSR count). The summed E-state index contributed by atoms with van der Waals surface area (Å²) < 4.78 is 39.8. The van der Waals surface area contributed by atoms with Gasteiger partial charge in [-0.3, -0.25) is 0 Å². The predicted molar refractivity (Wildman–Crippen MR) is 51.2 cm³/mol. The van der Waals surface area contributed by atoms with E-state index in [-0.39, 0.29) is 22.3 Å². The zero-order valence-electron chi connectivity index (χ0n) is 7.68. The summed E-state index contributed by atoms with van der Waals surface area (Å²) in [6, 6.07) is 2.94. The molecule has 0 atom stereocenters. The van der Waals surface area contributed by atoms with E-state index in [1.54, 1.807) is 6.07 Å². The third-order valence-electron chi connectivity index (χ3n) is 1.58. The second kappa shape index (κ2) is 4.67. The smallest absolute Gasteiger partial charge is 0.386 e. The zero-order valence-corrected chi connectivity index (χ0v) is 9.26. The Hall–Kier alpha value is -1.33. The topological polar surface area (TPSA) is 71.9 Å². The fourth-order valence-corrected chi connectivity index (χ4v) is 1.44. The van der Waals surface area contributed by atoms with E-state index in [0.29, 0.717) is 0 Å². The van der Waals surface area contributed by atoms with Crippen molar-refractivity contribution in [2.75, 3.05) is 0 Å². The Balaban J connectivity index is 3.27. The molecule has 86 valence electrons. The van der Waals surface area contributed by atoms with E-state index in [0.717, 1.165) is 0 Å². The number of nitriles is 1. The van der Waals surface area contributed by atoms with E-state index >= 15 is 0 Å². The van der Waals surface area contributed by atoms with Gasteiger partial charge in [0.15, 0.2) is 0 Å². The first kappa shape index (κ1) is 12.7. The van der Waals surface area contributed by atoms with Crippen LogP contribution in [0.25, 0.3) is 0 Å². The van der Waals surface area contributed by atoms with Crippen LogP contribution in [0.3, 0.4) is 0 Å². The van der Waals surface area contributed by atoms with Gasteiger partial charge in [-0.2, -0.15) is 5.26 Å². The molecule has 0 fully saturated rings. The lowest BCUT2D eigenvalue weighted by Gasteiger charge is -2.11. The molecular weight excluding hydrogens is 291 g/mol. The highest BCUT2D eigenvalue weighted by molar-refractivity contribution is 9.10. The number of alkyl halides is 3. The molecule has 4 nitrogen and oxygen atoms in total. The summed E-state index contributed by atoms with van der Waals surface area (Å²) in [5, 5.41) is 8.71. The minimum Gasteiger partial charge on any atom is -0.386 e. The normalized spacial score (nSPS) is 11.0. The molecule has 0 aromatic carbocycles. The van der Waals surface area contributed by atoms with Crippen LogP contribution in [0.2, 0.25) is 0 Å². The quantitative estimate of drug-likeness (QED) is 0.848. The summed E-state index contributed by atoms with van der Waals surface area (Å²) >= 11 is 2.90. The highest BCUT2D eigenvalue weighted by Crippen LogP contribution is 2.28. The molecule has 0 radical (unpaired) electrons. The fourth-order valence-electron chi connectivity index (χ4n) is 1.00. The van der Waals surface area contributed by atoms with Crippen LogP contribution in [0.5, 0.6) is 5.88 Å². The Morgan fingerprint density at radius 3 is 2.62 bits per heavy atom. The molecule has 2 N–H and O–H groups in total. The number of pyridine rings is 1. The molecule has 1 aromatic heterocycles. The van der Waals surface area contributed by atoms with Gasteiger partial charge in [-0.05, 0) is 27.6 Å². The Bertz CT molecular complexity index is 441. The van der Waals surface area contributed by atoms with Gasteiger partial charge >= 0.3 is 6.36 Å². The van der Waals surface area contributed by atoms with Gasteiger partial charge in [0.25, 0.3) is 0 Å². The van der Waals surface area contributed by atoms with Crippen LogP contribution < -0.4 is 10.5 Å². The molecule has 8 heteroatoms. The van der Waals surface area contributed by atoms with Crippen molar-refractivity contribution in [1.82, 2.24) is 4.98 Å². The van der Waals surface area contributed by atoms with Crippen LogP contribution >= 0.6 is 15.9 Å². The third-order valence-corrected chi connectivity index (χ3v) is 1.99. The number of hydrogen-bond donors (Lipinski definition) is 1. The Kier molecular flexibility index (Phi) is 3.72. The lowest BCUT2D eigenvalue weighted by Crippen LogP contribution is -2.19. The number of ether oxygens (including phenoxy) is 1. The summed E-state index contributed by atoms with van der Waals surface area (Å²) in [5.74, 6) is -0.801. The predicted octanol–water partition coefficient (Wildman–Crippen LogP) is 2.07. The number of nitrogens with two attached hydrogens (primary N) is 1. The van der Waals surface area contributed by atoms with Gasteiger partial charge in [-0.15, -0.1) is 13.2 Å². The molecule has 0 aliphatic carbocycles. The second-order valence-electron chi connectivity index (χ2n) is 2.65. The maximum absolute atomic E-state index is 12.0. The van der Waals surface area contributed by atoms with Gasteiger partial charge in [0.05, 0.1) is 0 Å². The van der Waals surface area contributed by atoms with Crippen molar-refractivity contribution in [2.45, 2.75) is 12.9 Å². The molecular formula is C8H5BrF3N3O. The molecule has 0 bridgehead atoms. The first-order valence-electron chi connectivity index (χ1n) is 3.92. The van der Waals surface area contributed by atoms with Crippen LogP contribution in [0.4, 0.5) is 13.2 Å². The molecule has 0 unspecified atom stereocenters. The van der Waals surface area contributed by atoms with Crippen LogP contribution in [-0.2, 0) is 6.54 Å². The monoisotopic (exact) mass is 295 g/mol. The molecule has 1 aromatic rings. The number of halogens is 4. The highest BCUT2D eigenvalue weighted by atomic mass is 79.9. The Morgan fingerprint density at radius 2 is 2.19 bits per heavy atom. The maximum Gasteiger partial charge on any atom is 0.574 e. The maximum atomic E-state index is 12.0. The first-order chi connectivity index (χ1) is 7.37. The van der Waals surface area contributed by atoms with Gasteiger partial charge in [0, 0.05) is 6.54 Å². The van der Waals surface area contributed by atoms with Crippen LogP contribution in [0, 0.1) is 11.3 Å². The van der Waals surface area contributed by atoms with Gasteiger partial charge in [0.2, 0.25) is 5.88 Å². The Morgan fingerprint density at radius 1 is 1.56 bits per heavy atom. The highest BCUT2D eigenvalue weighted by Gasteiger charge is 2.33. The minimum absolute atomic E-state index is 0.0851. The van der Waals surface area contributed by atoms with Crippen molar-refractivity contribution in [2.24, 2.45) is 5.73 Å². The third kappa shape index (κ3) is 3.08. The van der Waals surface area contributed by atoms with Crippen LogP contribution in [-0.4, -0.2) is 11.3 Å². The molecule has 0 saturated carbocycles. The summed E-state index contributed by atoms with van der Waals surface area (Å²) in [6.07, 6.45) is -4.90. The zero-order chi connectivity index (χ0) is 12.3. The lowest BCUT2D eigenvalue weighted by molar-refractivity contribution is -0.276. The van der Waals surface area contributed by atoms with Crippen molar-refractivity contribution in [3.05, 3.63) is 21.8 Å². The molecule has 0 aliphatic heterocycles. The number of nitrogens with zero attached hydrogens (tertiary/aromatic N) is 2. The van der Waals surface area contributed by atoms with Crippen molar-refractivity contribution >= 4 is 15.9 Å². The molecule has 0 amide bonds. The van der Waals surface area contributed by atoms with Gasteiger partial charge in [0.1, 0.15) is 16.2 Å². The fraction of sp³-hybridized carbons (Fsp3) is 0.250. The molecule has 0 saturated heterocycles. The van der Waals surface area contributed by atoms with Crippen molar-refractivity contribution in [3.8, 4) is 11.9 Å². The average molecular weight is 296 g/mol. The van der Waals surface area contributed by atoms with Gasteiger partial charge < -0.3 is 10.5 Å². The number of aromatic nitrogens is 1. The second-order valence-corrected chi connectivity index (χ2v) is 3.46. The Labute approximate surface area is 97.0 Å². The van der Waals surface area contributed by atoms with E-state index in [4.69, 9.17) is 11.0 Å². The van der Waals surface area contributed by atoms with Gasteiger partial charge in [-0.1, -0.05) is 0 Å².